The van der Waals surface area contributed by atoms with E-state index >= 15 is 0 Å². The molecule has 1 aliphatic carbocycles. The molecule has 0 unspecified atom stereocenters. The van der Waals surface area contributed by atoms with E-state index in [-0.39, 0.29) is 5.91 Å². The molecule has 2 aliphatic rings. The molecule has 0 spiro atoms. The highest BCUT2D eigenvalue weighted by molar-refractivity contribution is 6.04. The largest absolute Gasteiger partial charge is 0.490 e. The monoisotopic (exact) mass is 366 g/mol. The van der Waals surface area contributed by atoms with Crippen molar-refractivity contribution >= 4 is 17.3 Å². The summed E-state index contributed by atoms with van der Waals surface area (Å²) in [6.07, 6.45) is 5.12. The van der Waals surface area contributed by atoms with Gasteiger partial charge in [0.2, 0.25) is 0 Å². The van der Waals surface area contributed by atoms with Crippen LogP contribution in [0.4, 0.5) is 11.4 Å². The summed E-state index contributed by atoms with van der Waals surface area (Å²) in [5.41, 5.74) is 2.55. The fourth-order valence-electron chi connectivity index (χ4n) is 3.66. The van der Waals surface area contributed by atoms with Gasteiger partial charge >= 0.3 is 0 Å². The number of rotatable bonds is 5. The predicted octanol–water partition coefficient (Wildman–Crippen LogP) is 4.10. The summed E-state index contributed by atoms with van der Waals surface area (Å²) >= 11 is 0. The third-order valence-electron chi connectivity index (χ3n) is 5.22. The van der Waals surface area contributed by atoms with Gasteiger partial charge in [-0.2, -0.15) is 0 Å². The van der Waals surface area contributed by atoms with Gasteiger partial charge in [0, 0.05) is 30.0 Å². The number of amides is 1. The highest BCUT2D eigenvalue weighted by Crippen LogP contribution is 2.25. The smallest absolute Gasteiger partial charge is 0.255 e. The van der Waals surface area contributed by atoms with Crippen molar-refractivity contribution in [2.75, 3.05) is 36.5 Å². The van der Waals surface area contributed by atoms with E-state index in [9.17, 15) is 4.79 Å². The topological polar surface area (TPSA) is 50.8 Å². The zero-order valence-electron chi connectivity index (χ0n) is 15.5. The number of ether oxygens (including phenoxy) is 2. The van der Waals surface area contributed by atoms with Crippen molar-refractivity contribution in [2.24, 2.45) is 0 Å². The molecule has 0 atom stereocenters. The third kappa shape index (κ3) is 4.61. The molecule has 27 heavy (non-hydrogen) atoms. The summed E-state index contributed by atoms with van der Waals surface area (Å²) in [6, 6.07) is 15.4. The molecule has 1 heterocycles. The number of carbonyl (C=O) groups is 1. The first-order valence-corrected chi connectivity index (χ1v) is 9.79. The van der Waals surface area contributed by atoms with Crippen LogP contribution in [0.3, 0.4) is 0 Å². The average molecular weight is 366 g/mol. The second-order valence-corrected chi connectivity index (χ2v) is 7.15. The van der Waals surface area contributed by atoms with Crippen molar-refractivity contribution in [3.8, 4) is 5.75 Å². The van der Waals surface area contributed by atoms with Crippen LogP contribution in [0, 0.1) is 0 Å². The molecule has 1 aliphatic heterocycles. The first-order valence-electron chi connectivity index (χ1n) is 9.79. The minimum Gasteiger partial charge on any atom is -0.490 e. The van der Waals surface area contributed by atoms with Crippen LogP contribution >= 0.6 is 0 Å². The SMILES string of the molecule is O=C(Nc1ccc(OC2CCCC2)cc1)c1ccc(N2CCOCC2)cc1. The molecule has 0 radical (unpaired) electrons. The Hall–Kier alpha value is -2.53. The number of morpholine rings is 1. The fourth-order valence-corrected chi connectivity index (χ4v) is 3.66. The van der Waals surface area contributed by atoms with Gasteiger partial charge in [0.1, 0.15) is 5.75 Å². The molecule has 1 saturated heterocycles. The number of benzene rings is 2. The zero-order chi connectivity index (χ0) is 18.5. The van der Waals surface area contributed by atoms with Crippen LogP contribution < -0.4 is 15.0 Å². The first kappa shape index (κ1) is 17.9. The van der Waals surface area contributed by atoms with E-state index in [4.69, 9.17) is 9.47 Å². The maximum atomic E-state index is 12.5. The average Bonchev–Trinajstić information content (AvgIpc) is 3.23. The van der Waals surface area contributed by atoms with Gasteiger partial charge in [-0.3, -0.25) is 4.79 Å². The van der Waals surface area contributed by atoms with E-state index in [0.29, 0.717) is 11.7 Å². The van der Waals surface area contributed by atoms with Crippen LogP contribution in [0.15, 0.2) is 48.5 Å². The number of hydrogen-bond donors (Lipinski definition) is 1. The molecular formula is C22H26N2O3. The molecule has 2 aromatic rings. The summed E-state index contributed by atoms with van der Waals surface area (Å²) < 4.78 is 11.3. The van der Waals surface area contributed by atoms with E-state index in [1.807, 2.05) is 48.5 Å². The van der Waals surface area contributed by atoms with Crippen molar-refractivity contribution in [2.45, 2.75) is 31.8 Å². The highest BCUT2D eigenvalue weighted by atomic mass is 16.5. The second kappa shape index (κ2) is 8.44. The molecule has 4 rings (SSSR count). The van der Waals surface area contributed by atoms with Gasteiger partial charge in [0.25, 0.3) is 5.91 Å². The normalized spacial score (nSPS) is 17.7. The lowest BCUT2D eigenvalue weighted by atomic mass is 10.1. The van der Waals surface area contributed by atoms with Gasteiger partial charge in [0.15, 0.2) is 0 Å². The van der Waals surface area contributed by atoms with Crippen molar-refractivity contribution in [3.63, 3.8) is 0 Å². The van der Waals surface area contributed by atoms with E-state index in [1.165, 1.54) is 12.8 Å². The Bertz CT molecular complexity index is 746. The number of hydrogen-bond acceptors (Lipinski definition) is 4. The number of anilines is 2. The molecule has 2 aromatic carbocycles. The Morgan fingerprint density at radius 2 is 1.63 bits per heavy atom. The summed E-state index contributed by atoms with van der Waals surface area (Å²) in [4.78, 5) is 14.8. The summed E-state index contributed by atoms with van der Waals surface area (Å²) in [5, 5.41) is 2.95. The summed E-state index contributed by atoms with van der Waals surface area (Å²) in [6.45, 7) is 3.28. The second-order valence-electron chi connectivity index (χ2n) is 7.15. The lowest BCUT2D eigenvalue weighted by molar-refractivity contribution is 0.102. The van der Waals surface area contributed by atoms with Crippen molar-refractivity contribution in [1.82, 2.24) is 0 Å². The van der Waals surface area contributed by atoms with Gasteiger partial charge in [-0.1, -0.05) is 0 Å². The van der Waals surface area contributed by atoms with Crippen LogP contribution in [0.25, 0.3) is 0 Å². The Kier molecular flexibility index (Phi) is 5.58. The van der Waals surface area contributed by atoms with E-state index in [2.05, 4.69) is 10.2 Å². The van der Waals surface area contributed by atoms with Crippen molar-refractivity contribution < 1.29 is 14.3 Å². The Morgan fingerprint density at radius 1 is 0.963 bits per heavy atom. The van der Waals surface area contributed by atoms with Gasteiger partial charge in [-0.15, -0.1) is 0 Å². The van der Waals surface area contributed by atoms with Crippen LogP contribution in [0.2, 0.25) is 0 Å². The van der Waals surface area contributed by atoms with E-state index in [0.717, 1.165) is 56.3 Å². The minimum atomic E-state index is -0.104. The van der Waals surface area contributed by atoms with Crippen LogP contribution in [-0.2, 0) is 4.74 Å². The van der Waals surface area contributed by atoms with Crippen molar-refractivity contribution in [1.29, 1.82) is 0 Å². The first-order chi connectivity index (χ1) is 13.3. The molecule has 1 saturated carbocycles. The maximum Gasteiger partial charge on any atom is 0.255 e. The molecule has 0 bridgehead atoms. The van der Waals surface area contributed by atoms with Gasteiger partial charge in [0.05, 0.1) is 19.3 Å². The van der Waals surface area contributed by atoms with Crippen LogP contribution in [0.1, 0.15) is 36.0 Å². The standard InChI is InChI=1S/C22H26N2O3/c25-22(17-5-9-19(10-6-17)24-13-15-26-16-14-24)23-18-7-11-21(12-8-18)27-20-3-1-2-4-20/h5-12,20H,1-4,13-16H2,(H,23,25). The van der Waals surface area contributed by atoms with E-state index in [1.54, 1.807) is 0 Å². The maximum absolute atomic E-state index is 12.5. The van der Waals surface area contributed by atoms with Crippen LogP contribution in [-0.4, -0.2) is 38.3 Å². The minimum absolute atomic E-state index is 0.104. The Morgan fingerprint density at radius 3 is 2.30 bits per heavy atom. The predicted molar refractivity (Wildman–Crippen MR) is 107 cm³/mol. The van der Waals surface area contributed by atoms with E-state index < -0.39 is 0 Å². The lowest BCUT2D eigenvalue weighted by Crippen LogP contribution is -2.36. The lowest BCUT2D eigenvalue weighted by Gasteiger charge is -2.28. The molecule has 2 fully saturated rings. The Labute approximate surface area is 160 Å². The zero-order valence-corrected chi connectivity index (χ0v) is 15.5. The molecule has 0 aromatic heterocycles. The number of nitrogens with one attached hydrogen (secondary N) is 1. The molecular weight excluding hydrogens is 340 g/mol. The highest BCUT2D eigenvalue weighted by Gasteiger charge is 2.16. The van der Waals surface area contributed by atoms with Gasteiger partial charge < -0.3 is 19.7 Å². The molecule has 1 amide bonds. The molecule has 5 heteroatoms. The molecule has 1 N–H and O–H groups in total. The summed E-state index contributed by atoms with van der Waals surface area (Å²) in [7, 11) is 0. The number of nitrogens with zero attached hydrogens (tertiary/aromatic N) is 1. The summed E-state index contributed by atoms with van der Waals surface area (Å²) in [5.74, 6) is 0.766. The molecule has 142 valence electrons. The Balaban J connectivity index is 1.34. The van der Waals surface area contributed by atoms with Gasteiger partial charge in [-0.25, -0.2) is 0 Å². The third-order valence-corrected chi connectivity index (χ3v) is 5.22. The number of carbonyl (C=O) groups excluding carboxylic acids is 1. The van der Waals surface area contributed by atoms with Gasteiger partial charge in [-0.05, 0) is 74.2 Å². The van der Waals surface area contributed by atoms with Crippen LogP contribution in [0.5, 0.6) is 5.75 Å². The fraction of sp³-hybridized carbons (Fsp3) is 0.409. The molecule has 5 nitrogen and oxygen atoms in total. The quantitative estimate of drug-likeness (QED) is 0.866. The van der Waals surface area contributed by atoms with Crippen molar-refractivity contribution in [3.05, 3.63) is 54.1 Å².